The summed E-state index contributed by atoms with van der Waals surface area (Å²) in [6.45, 7) is 2.04. The van der Waals surface area contributed by atoms with Gasteiger partial charge in [-0.2, -0.15) is 0 Å². The summed E-state index contributed by atoms with van der Waals surface area (Å²) in [6, 6.07) is 11.3. The Morgan fingerprint density at radius 2 is 1.89 bits per heavy atom. The normalized spacial score (nSPS) is 12.3. The highest BCUT2D eigenvalue weighted by Gasteiger charge is 2.16. The van der Waals surface area contributed by atoms with E-state index in [2.05, 4.69) is 15.9 Å². The van der Waals surface area contributed by atoms with Crippen molar-refractivity contribution in [1.82, 2.24) is 0 Å². The molecule has 19 heavy (non-hydrogen) atoms. The number of nitrogens with two attached hydrogens (primary N) is 1. The molecule has 4 heteroatoms. The molecule has 0 aromatic heterocycles. The second-order valence-electron chi connectivity index (χ2n) is 4.36. The van der Waals surface area contributed by atoms with E-state index in [1.807, 2.05) is 37.3 Å². The highest BCUT2D eigenvalue weighted by atomic mass is 79.9. The lowest BCUT2D eigenvalue weighted by Crippen LogP contribution is -2.14. The molecule has 2 nitrogen and oxygen atoms in total. The van der Waals surface area contributed by atoms with Gasteiger partial charge in [0.15, 0.2) is 0 Å². The average molecular weight is 341 g/mol. The van der Waals surface area contributed by atoms with Crippen molar-refractivity contribution in [3.8, 4) is 5.75 Å². The van der Waals surface area contributed by atoms with E-state index in [9.17, 15) is 0 Å². The van der Waals surface area contributed by atoms with Gasteiger partial charge in [0.05, 0.1) is 13.2 Å². The smallest absolute Gasteiger partial charge is 0.124 e. The van der Waals surface area contributed by atoms with Crippen LogP contribution in [0.15, 0.2) is 40.9 Å². The van der Waals surface area contributed by atoms with Gasteiger partial charge >= 0.3 is 0 Å². The minimum absolute atomic E-state index is 0.272. The van der Waals surface area contributed by atoms with E-state index in [4.69, 9.17) is 22.1 Å². The van der Waals surface area contributed by atoms with Crippen LogP contribution in [0.4, 0.5) is 0 Å². The number of hydrogen-bond acceptors (Lipinski definition) is 2. The van der Waals surface area contributed by atoms with Crippen LogP contribution in [0.2, 0.25) is 5.02 Å². The molecule has 0 spiro atoms. The van der Waals surface area contributed by atoms with Crippen LogP contribution in [-0.2, 0) is 0 Å². The van der Waals surface area contributed by atoms with Gasteiger partial charge < -0.3 is 10.5 Å². The molecule has 0 saturated carbocycles. The van der Waals surface area contributed by atoms with E-state index in [0.717, 1.165) is 26.9 Å². The van der Waals surface area contributed by atoms with E-state index in [1.165, 1.54) is 0 Å². The first-order valence-electron chi connectivity index (χ1n) is 5.88. The Kier molecular flexibility index (Phi) is 4.50. The first-order chi connectivity index (χ1) is 9.02. The van der Waals surface area contributed by atoms with E-state index < -0.39 is 0 Å². The zero-order chi connectivity index (χ0) is 14.0. The van der Waals surface area contributed by atoms with Gasteiger partial charge in [0.2, 0.25) is 0 Å². The maximum atomic E-state index is 6.37. The van der Waals surface area contributed by atoms with Crippen LogP contribution in [0.25, 0.3) is 0 Å². The van der Waals surface area contributed by atoms with Crippen LogP contribution < -0.4 is 10.5 Å². The summed E-state index contributed by atoms with van der Waals surface area (Å²) >= 11 is 9.53. The number of halogens is 2. The maximum Gasteiger partial charge on any atom is 0.124 e. The van der Waals surface area contributed by atoms with E-state index in [1.54, 1.807) is 13.2 Å². The van der Waals surface area contributed by atoms with Crippen molar-refractivity contribution < 1.29 is 4.74 Å². The lowest BCUT2D eigenvalue weighted by atomic mass is 9.95. The van der Waals surface area contributed by atoms with Gasteiger partial charge in [-0.15, -0.1) is 0 Å². The van der Waals surface area contributed by atoms with Crippen molar-refractivity contribution in [3.05, 3.63) is 62.6 Å². The third-order valence-electron chi connectivity index (χ3n) is 3.10. The average Bonchev–Trinajstić information content (AvgIpc) is 2.40. The maximum absolute atomic E-state index is 6.37. The lowest BCUT2D eigenvalue weighted by molar-refractivity contribution is 0.408. The largest absolute Gasteiger partial charge is 0.496 e. The van der Waals surface area contributed by atoms with E-state index in [-0.39, 0.29) is 6.04 Å². The minimum atomic E-state index is -0.272. The quantitative estimate of drug-likeness (QED) is 0.895. The van der Waals surface area contributed by atoms with Gasteiger partial charge in [0.1, 0.15) is 5.75 Å². The summed E-state index contributed by atoms with van der Waals surface area (Å²) in [4.78, 5) is 0. The predicted octanol–water partition coefficient (Wildman–Crippen LogP) is 4.47. The van der Waals surface area contributed by atoms with Crippen LogP contribution in [0.1, 0.15) is 22.7 Å². The van der Waals surface area contributed by atoms with Gasteiger partial charge in [-0.1, -0.05) is 33.6 Å². The Morgan fingerprint density at radius 1 is 1.16 bits per heavy atom. The molecule has 2 rings (SSSR count). The Hall–Kier alpha value is -1.03. The van der Waals surface area contributed by atoms with Gasteiger partial charge in [0.25, 0.3) is 0 Å². The van der Waals surface area contributed by atoms with Crippen molar-refractivity contribution in [2.45, 2.75) is 13.0 Å². The molecule has 0 heterocycles. The third kappa shape index (κ3) is 3.11. The molecule has 2 N–H and O–H groups in total. The number of aryl methyl sites for hydroxylation is 1. The number of benzene rings is 2. The molecule has 0 aliphatic rings. The summed E-state index contributed by atoms with van der Waals surface area (Å²) in [7, 11) is 1.63. The highest BCUT2D eigenvalue weighted by molar-refractivity contribution is 9.10. The van der Waals surface area contributed by atoms with Crippen molar-refractivity contribution in [2.75, 3.05) is 7.11 Å². The zero-order valence-electron chi connectivity index (χ0n) is 10.8. The molecular weight excluding hydrogens is 326 g/mol. The highest BCUT2D eigenvalue weighted by Crippen LogP contribution is 2.33. The fourth-order valence-electron chi connectivity index (χ4n) is 2.06. The molecule has 100 valence electrons. The first-order valence-corrected chi connectivity index (χ1v) is 7.05. The summed E-state index contributed by atoms with van der Waals surface area (Å²) in [5.41, 5.74) is 9.44. The summed E-state index contributed by atoms with van der Waals surface area (Å²) in [5.74, 6) is 0.747. The second-order valence-corrected chi connectivity index (χ2v) is 5.72. The molecule has 1 atom stereocenters. The number of ether oxygens (including phenoxy) is 1. The third-order valence-corrected chi connectivity index (χ3v) is 3.83. The van der Waals surface area contributed by atoms with Crippen LogP contribution in [0.3, 0.4) is 0 Å². The SMILES string of the molecule is COc1ccc(Cl)cc1C(N)c1cc(Br)ccc1C. The molecule has 2 aromatic carbocycles. The molecule has 0 amide bonds. The number of methoxy groups -OCH3 is 1. The van der Waals surface area contributed by atoms with E-state index >= 15 is 0 Å². The van der Waals surface area contributed by atoms with Crippen LogP contribution >= 0.6 is 27.5 Å². The first kappa shape index (κ1) is 14.4. The predicted molar refractivity (Wildman–Crippen MR) is 82.9 cm³/mol. The number of rotatable bonds is 3. The second kappa shape index (κ2) is 5.95. The Balaban J connectivity index is 2.51. The van der Waals surface area contributed by atoms with Crippen molar-refractivity contribution >= 4 is 27.5 Å². The standard InChI is InChI=1S/C15H15BrClNO/c1-9-3-4-10(16)7-12(9)15(18)13-8-11(17)5-6-14(13)19-2/h3-8,15H,18H2,1-2H3. The molecule has 0 saturated heterocycles. The molecule has 2 aromatic rings. The van der Waals surface area contributed by atoms with Crippen LogP contribution in [0, 0.1) is 6.92 Å². The Bertz CT molecular complexity index is 601. The van der Waals surface area contributed by atoms with Crippen LogP contribution in [-0.4, -0.2) is 7.11 Å². The summed E-state index contributed by atoms with van der Waals surface area (Å²) in [5, 5.41) is 0.652. The van der Waals surface area contributed by atoms with Gasteiger partial charge in [-0.05, 0) is 48.4 Å². The fraction of sp³-hybridized carbons (Fsp3) is 0.200. The molecular formula is C15H15BrClNO. The topological polar surface area (TPSA) is 35.2 Å². The Labute approximate surface area is 126 Å². The van der Waals surface area contributed by atoms with Gasteiger partial charge in [-0.3, -0.25) is 0 Å². The molecule has 0 aliphatic heterocycles. The van der Waals surface area contributed by atoms with E-state index in [0.29, 0.717) is 5.02 Å². The molecule has 1 unspecified atom stereocenters. The fourth-order valence-corrected chi connectivity index (χ4v) is 2.62. The zero-order valence-corrected chi connectivity index (χ0v) is 13.1. The molecule has 0 radical (unpaired) electrons. The van der Waals surface area contributed by atoms with Crippen molar-refractivity contribution in [2.24, 2.45) is 5.73 Å². The molecule has 0 aliphatic carbocycles. The minimum Gasteiger partial charge on any atom is -0.496 e. The molecule has 0 fully saturated rings. The summed E-state index contributed by atoms with van der Waals surface area (Å²) < 4.78 is 6.37. The van der Waals surface area contributed by atoms with Crippen molar-refractivity contribution in [1.29, 1.82) is 0 Å². The van der Waals surface area contributed by atoms with Gasteiger partial charge in [-0.25, -0.2) is 0 Å². The monoisotopic (exact) mass is 339 g/mol. The van der Waals surface area contributed by atoms with Crippen LogP contribution in [0.5, 0.6) is 5.75 Å². The molecule has 0 bridgehead atoms. The van der Waals surface area contributed by atoms with Crippen molar-refractivity contribution in [3.63, 3.8) is 0 Å². The van der Waals surface area contributed by atoms with Gasteiger partial charge in [0, 0.05) is 15.1 Å². The Morgan fingerprint density at radius 3 is 2.58 bits per heavy atom. The lowest BCUT2D eigenvalue weighted by Gasteiger charge is -2.18. The summed E-state index contributed by atoms with van der Waals surface area (Å²) in [6.07, 6.45) is 0. The number of hydrogen-bond donors (Lipinski definition) is 1.